The van der Waals surface area contributed by atoms with E-state index in [2.05, 4.69) is 9.98 Å². The summed E-state index contributed by atoms with van der Waals surface area (Å²) < 4.78 is 21.5. The minimum atomic E-state index is -0.658. The highest BCUT2D eigenvalue weighted by Crippen LogP contribution is 2.20. The molecule has 8 nitrogen and oxygen atoms in total. The summed E-state index contributed by atoms with van der Waals surface area (Å²) in [6, 6.07) is 5.70. The second-order valence-electron chi connectivity index (χ2n) is 9.34. The summed E-state index contributed by atoms with van der Waals surface area (Å²) in [6.07, 6.45) is 6.13. The number of hydrogen-bond donors (Lipinski definition) is 0. The third kappa shape index (κ3) is 8.71. The van der Waals surface area contributed by atoms with E-state index in [0.717, 1.165) is 0 Å². The summed E-state index contributed by atoms with van der Waals surface area (Å²) in [5.74, 6) is 0.155. The Labute approximate surface area is 195 Å². The summed E-state index contributed by atoms with van der Waals surface area (Å²) in [5.41, 5.74) is -0.580. The van der Waals surface area contributed by atoms with Crippen LogP contribution in [0.2, 0.25) is 0 Å². The summed E-state index contributed by atoms with van der Waals surface area (Å²) in [7, 11) is 0. The second-order valence-corrected chi connectivity index (χ2v) is 9.34. The SMILES string of the molecule is CC(C)[C@H](N=Cc1ccco1)C(=O)OCC(C)(C)COC(=O)[C@@H](N=Cc1ccco1)C(C)C. The lowest BCUT2D eigenvalue weighted by molar-refractivity contribution is -0.155. The molecule has 2 atom stereocenters. The van der Waals surface area contributed by atoms with Gasteiger partial charge in [-0.15, -0.1) is 0 Å². The standard InChI is InChI=1S/C25H34N2O6/c1-17(2)21(26-13-19-9-7-11-30-19)23(28)32-15-25(5,6)16-33-24(29)22(18(3)4)27-14-20-10-8-12-31-20/h7-14,17-18,21-22H,15-16H2,1-6H3/t21-,22-/m0/s1. The number of hydrogen-bond acceptors (Lipinski definition) is 8. The Kier molecular flexibility index (Phi) is 9.63. The number of furan rings is 2. The second kappa shape index (κ2) is 12.2. The molecule has 0 radical (unpaired) electrons. The van der Waals surface area contributed by atoms with Crippen LogP contribution in [0.25, 0.3) is 0 Å². The van der Waals surface area contributed by atoms with Crippen LogP contribution in [0.4, 0.5) is 0 Å². The van der Waals surface area contributed by atoms with E-state index in [1.165, 1.54) is 12.4 Å². The quantitative estimate of drug-likeness (QED) is 0.341. The van der Waals surface area contributed by atoms with E-state index < -0.39 is 29.4 Å². The molecule has 0 N–H and O–H groups in total. The molecular weight excluding hydrogens is 424 g/mol. The molecule has 0 spiro atoms. The van der Waals surface area contributed by atoms with Gasteiger partial charge in [0.25, 0.3) is 0 Å². The van der Waals surface area contributed by atoms with Gasteiger partial charge in [0.2, 0.25) is 0 Å². The summed E-state index contributed by atoms with van der Waals surface area (Å²) in [4.78, 5) is 33.9. The molecule has 0 unspecified atom stereocenters. The number of carbonyl (C=O) groups is 2. The molecule has 2 heterocycles. The van der Waals surface area contributed by atoms with Crippen LogP contribution in [0.1, 0.15) is 53.1 Å². The van der Waals surface area contributed by atoms with E-state index in [-0.39, 0.29) is 25.0 Å². The van der Waals surface area contributed by atoms with E-state index >= 15 is 0 Å². The van der Waals surface area contributed by atoms with Crippen molar-refractivity contribution in [1.29, 1.82) is 0 Å². The van der Waals surface area contributed by atoms with Crippen molar-refractivity contribution in [2.45, 2.75) is 53.6 Å². The van der Waals surface area contributed by atoms with Crippen LogP contribution in [-0.4, -0.2) is 49.7 Å². The maximum absolute atomic E-state index is 12.6. The largest absolute Gasteiger partial charge is 0.463 e. The third-order valence-corrected chi connectivity index (χ3v) is 4.77. The lowest BCUT2D eigenvalue weighted by Crippen LogP contribution is -2.35. The van der Waals surface area contributed by atoms with Crippen LogP contribution in [-0.2, 0) is 19.1 Å². The van der Waals surface area contributed by atoms with Crippen molar-refractivity contribution >= 4 is 24.4 Å². The average molecular weight is 459 g/mol. The lowest BCUT2D eigenvalue weighted by Gasteiger charge is -2.26. The molecule has 33 heavy (non-hydrogen) atoms. The van der Waals surface area contributed by atoms with Crippen LogP contribution in [0.15, 0.2) is 55.6 Å². The van der Waals surface area contributed by atoms with Crippen molar-refractivity contribution in [3.8, 4) is 0 Å². The molecule has 0 saturated carbocycles. The molecule has 0 aliphatic heterocycles. The highest BCUT2D eigenvalue weighted by atomic mass is 16.5. The number of carbonyl (C=O) groups excluding carboxylic acids is 2. The van der Waals surface area contributed by atoms with Gasteiger partial charge >= 0.3 is 11.9 Å². The van der Waals surface area contributed by atoms with Crippen LogP contribution in [0.5, 0.6) is 0 Å². The first-order valence-electron chi connectivity index (χ1n) is 11.1. The fourth-order valence-corrected chi connectivity index (χ4v) is 2.79. The lowest BCUT2D eigenvalue weighted by atomic mass is 9.96. The first kappa shape index (κ1) is 26.1. The van der Waals surface area contributed by atoms with Crippen LogP contribution in [0.3, 0.4) is 0 Å². The topological polar surface area (TPSA) is 104 Å². The van der Waals surface area contributed by atoms with Crippen molar-refractivity contribution in [3.63, 3.8) is 0 Å². The fourth-order valence-electron chi connectivity index (χ4n) is 2.79. The van der Waals surface area contributed by atoms with Crippen molar-refractivity contribution in [2.24, 2.45) is 27.2 Å². The molecule has 0 fully saturated rings. The Hall–Kier alpha value is -3.16. The minimum Gasteiger partial charge on any atom is -0.463 e. The highest BCUT2D eigenvalue weighted by Gasteiger charge is 2.29. The Balaban J connectivity index is 1.89. The molecule has 0 saturated heterocycles. The van der Waals surface area contributed by atoms with Gasteiger partial charge in [-0.05, 0) is 36.1 Å². The smallest absolute Gasteiger partial charge is 0.331 e. The molecular formula is C25H34N2O6. The number of ether oxygens (including phenoxy) is 2. The third-order valence-electron chi connectivity index (χ3n) is 4.77. The first-order chi connectivity index (χ1) is 15.6. The van der Waals surface area contributed by atoms with Gasteiger partial charge in [0.1, 0.15) is 23.6 Å². The molecule has 2 aromatic heterocycles. The van der Waals surface area contributed by atoms with E-state index in [1.54, 1.807) is 36.8 Å². The Morgan fingerprint density at radius 3 is 1.55 bits per heavy atom. The highest BCUT2D eigenvalue weighted by molar-refractivity contribution is 5.83. The normalized spacial score (nSPS) is 14.3. The maximum atomic E-state index is 12.6. The van der Waals surface area contributed by atoms with Crippen molar-refractivity contribution in [3.05, 3.63) is 48.3 Å². The zero-order chi connectivity index (χ0) is 24.4. The van der Waals surface area contributed by atoms with Gasteiger partial charge in [0, 0.05) is 5.41 Å². The molecule has 0 amide bonds. The van der Waals surface area contributed by atoms with Crippen LogP contribution in [0, 0.1) is 17.3 Å². The maximum Gasteiger partial charge on any atom is 0.331 e. The van der Waals surface area contributed by atoms with Gasteiger partial charge in [-0.3, -0.25) is 9.98 Å². The van der Waals surface area contributed by atoms with E-state index in [0.29, 0.717) is 11.5 Å². The zero-order valence-corrected chi connectivity index (χ0v) is 20.2. The predicted molar refractivity (Wildman–Crippen MR) is 126 cm³/mol. The fraction of sp³-hybridized carbons (Fsp3) is 0.520. The van der Waals surface area contributed by atoms with Crippen molar-refractivity contribution in [1.82, 2.24) is 0 Å². The Morgan fingerprint density at radius 1 is 0.848 bits per heavy atom. The van der Waals surface area contributed by atoms with E-state index in [1.807, 2.05) is 41.5 Å². The van der Waals surface area contributed by atoms with Gasteiger partial charge in [0.15, 0.2) is 0 Å². The van der Waals surface area contributed by atoms with Crippen molar-refractivity contribution in [2.75, 3.05) is 13.2 Å². The van der Waals surface area contributed by atoms with Gasteiger partial charge in [-0.1, -0.05) is 41.5 Å². The number of esters is 2. The Morgan fingerprint density at radius 2 is 1.24 bits per heavy atom. The molecule has 8 heteroatoms. The van der Waals surface area contributed by atoms with Crippen LogP contribution >= 0.6 is 0 Å². The van der Waals surface area contributed by atoms with Crippen molar-refractivity contribution < 1.29 is 27.9 Å². The molecule has 2 aromatic rings. The monoisotopic (exact) mass is 458 g/mol. The molecule has 0 aliphatic rings. The van der Waals surface area contributed by atoms with Gasteiger partial charge in [-0.25, -0.2) is 9.59 Å². The van der Waals surface area contributed by atoms with Gasteiger partial charge in [0.05, 0.1) is 38.2 Å². The molecule has 0 bridgehead atoms. The first-order valence-corrected chi connectivity index (χ1v) is 11.1. The Bertz CT molecular complexity index is 837. The summed E-state index contributed by atoms with van der Waals surface area (Å²) in [6.45, 7) is 11.5. The summed E-state index contributed by atoms with van der Waals surface area (Å²) >= 11 is 0. The minimum absolute atomic E-state index is 0.0523. The average Bonchev–Trinajstić information content (AvgIpc) is 3.45. The number of rotatable bonds is 12. The van der Waals surface area contributed by atoms with Crippen LogP contribution < -0.4 is 0 Å². The number of aliphatic imine (C=N–C) groups is 2. The zero-order valence-electron chi connectivity index (χ0n) is 20.2. The molecule has 0 aliphatic carbocycles. The predicted octanol–water partition coefficient (Wildman–Crippen LogP) is 4.57. The summed E-state index contributed by atoms with van der Waals surface area (Å²) in [5, 5.41) is 0. The molecule has 2 rings (SSSR count). The van der Waals surface area contributed by atoms with E-state index in [4.69, 9.17) is 18.3 Å². The van der Waals surface area contributed by atoms with E-state index in [9.17, 15) is 9.59 Å². The van der Waals surface area contributed by atoms with Gasteiger partial charge < -0.3 is 18.3 Å². The van der Waals surface area contributed by atoms with Gasteiger partial charge in [-0.2, -0.15) is 0 Å². The number of nitrogens with zero attached hydrogens (tertiary/aromatic N) is 2. The molecule has 180 valence electrons. The molecule has 0 aromatic carbocycles.